The van der Waals surface area contributed by atoms with E-state index in [0.717, 1.165) is 0 Å². The van der Waals surface area contributed by atoms with Crippen molar-refractivity contribution in [2.75, 3.05) is 7.11 Å². The highest BCUT2D eigenvalue weighted by atomic mass is 16.5. The Morgan fingerprint density at radius 2 is 2.09 bits per heavy atom. The number of hydrogen-bond donors (Lipinski definition) is 1. The summed E-state index contributed by atoms with van der Waals surface area (Å²) in [5.41, 5.74) is -0.266. The maximum atomic E-state index is 10.7. The number of amides is 2. The molecular formula is C6H4N2O3. The first kappa shape index (κ1) is 7.28. The summed E-state index contributed by atoms with van der Waals surface area (Å²) in [5.74, 6) is -1.57. The van der Waals surface area contributed by atoms with E-state index in [1.165, 1.54) is 7.11 Å². The Morgan fingerprint density at radius 3 is 2.45 bits per heavy atom. The number of ether oxygens (including phenoxy) is 1. The average molecular weight is 152 g/mol. The molecule has 1 aliphatic heterocycles. The largest absolute Gasteiger partial charge is 0.490 e. The van der Waals surface area contributed by atoms with Crippen LogP contribution in [0.3, 0.4) is 0 Å². The second-order valence-electron chi connectivity index (χ2n) is 1.80. The molecular weight excluding hydrogens is 148 g/mol. The predicted molar refractivity (Wildman–Crippen MR) is 32.8 cm³/mol. The molecule has 0 aliphatic carbocycles. The van der Waals surface area contributed by atoms with Crippen LogP contribution in [-0.2, 0) is 14.3 Å². The van der Waals surface area contributed by atoms with E-state index in [-0.39, 0.29) is 11.3 Å². The summed E-state index contributed by atoms with van der Waals surface area (Å²) < 4.78 is 4.52. The highest BCUT2D eigenvalue weighted by molar-refractivity contribution is 6.20. The van der Waals surface area contributed by atoms with Gasteiger partial charge in [0.05, 0.1) is 7.11 Å². The second kappa shape index (κ2) is 2.42. The maximum Gasteiger partial charge on any atom is 0.294 e. The van der Waals surface area contributed by atoms with Gasteiger partial charge in [-0.25, -0.2) is 0 Å². The Balaban J connectivity index is 3.15. The van der Waals surface area contributed by atoms with Gasteiger partial charge in [0.15, 0.2) is 5.57 Å². The normalized spacial score (nSPS) is 16.4. The fourth-order valence-electron chi connectivity index (χ4n) is 0.735. The molecule has 0 aromatic rings. The van der Waals surface area contributed by atoms with Crippen molar-refractivity contribution in [2.24, 2.45) is 0 Å². The van der Waals surface area contributed by atoms with Crippen molar-refractivity contribution in [3.05, 3.63) is 11.3 Å². The summed E-state index contributed by atoms with van der Waals surface area (Å²) in [6, 6.07) is 1.57. The summed E-state index contributed by atoms with van der Waals surface area (Å²) in [6.45, 7) is 0. The molecule has 0 saturated carbocycles. The van der Waals surface area contributed by atoms with Crippen LogP contribution >= 0.6 is 0 Å². The minimum absolute atomic E-state index is 0.211. The van der Waals surface area contributed by atoms with Gasteiger partial charge in [-0.2, -0.15) is 5.26 Å². The second-order valence-corrected chi connectivity index (χ2v) is 1.80. The van der Waals surface area contributed by atoms with Crippen LogP contribution in [0.5, 0.6) is 0 Å². The van der Waals surface area contributed by atoms with E-state index in [1.54, 1.807) is 6.07 Å². The molecule has 56 valence electrons. The van der Waals surface area contributed by atoms with Gasteiger partial charge in [0.25, 0.3) is 11.8 Å². The number of methoxy groups -OCH3 is 1. The quantitative estimate of drug-likeness (QED) is 0.492. The van der Waals surface area contributed by atoms with Gasteiger partial charge in [-0.15, -0.1) is 0 Å². The predicted octanol–water partition coefficient (Wildman–Crippen LogP) is -0.933. The summed E-state index contributed by atoms with van der Waals surface area (Å²) in [5, 5.41) is 10.3. The molecule has 1 rings (SSSR count). The lowest BCUT2D eigenvalue weighted by Crippen LogP contribution is -2.23. The van der Waals surface area contributed by atoms with Crippen molar-refractivity contribution in [3.8, 4) is 6.07 Å². The van der Waals surface area contributed by atoms with E-state index in [9.17, 15) is 9.59 Å². The number of hydrogen-bond acceptors (Lipinski definition) is 4. The van der Waals surface area contributed by atoms with Crippen LogP contribution < -0.4 is 5.32 Å². The van der Waals surface area contributed by atoms with Crippen LogP contribution in [0.1, 0.15) is 0 Å². The van der Waals surface area contributed by atoms with Crippen LogP contribution in [0.15, 0.2) is 11.3 Å². The van der Waals surface area contributed by atoms with Gasteiger partial charge in [-0.3, -0.25) is 14.9 Å². The lowest BCUT2D eigenvalue weighted by atomic mass is 10.3. The summed E-state index contributed by atoms with van der Waals surface area (Å²) in [4.78, 5) is 21.4. The summed E-state index contributed by atoms with van der Waals surface area (Å²) in [6.07, 6.45) is 0. The number of rotatable bonds is 1. The lowest BCUT2D eigenvalue weighted by molar-refractivity contribution is -0.125. The van der Waals surface area contributed by atoms with Crippen molar-refractivity contribution in [2.45, 2.75) is 0 Å². The van der Waals surface area contributed by atoms with Crippen molar-refractivity contribution < 1.29 is 14.3 Å². The minimum atomic E-state index is -0.700. The molecule has 1 N–H and O–H groups in total. The Hall–Kier alpha value is -1.83. The zero-order valence-corrected chi connectivity index (χ0v) is 5.67. The molecule has 0 bridgehead atoms. The fourth-order valence-corrected chi connectivity index (χ4v) is 0.735. The van der Waals surface area contributed by atoms with Gasteiger partial charge >= 0.3 is 0 Å². The van der Waals surface area contributed by atoms with E-state index in [4.69, 9.17) is 5.26 Å². The lowest BCUT2D eigenvalue weighted by Gasteiger charge is -1.93. The molecule has 2 amide bonds. The van der Waals surface area contributed by atoms with Gasteiger partial charge in [0.1, 0.15) is 6.07 Å². The highest BCUT2D eigenvalue weighted by Gasteiger charge is 2.31. The van der Waals surface area contributed by atoms with E-state index >= 15 is 0 Å². The average Bonchev–Trinajstić information content (AvgIpc) is 2.24. The van der Waals surface area contributed by atoms with Gasteiger partial charge in [0.2, 0.25) is 5.76 Å². The van der Waals surface area contributed by atoms with Crippen molar-refractivity contribution in [1.29, 1.82) is 5.26 Å². The molecule has 0 aromatic carbocycles. The number of nitriles is 1. The molecule has 0 unspecified atom stereocenters. The first-order valence-electron chi connectivity index (χ1n) is 2.74. The highest BCUT2D eigenvalue weighted by Crippen LogP contribution is 2.11. The number of imide groups is 1. The molecule has 5 heteroatoms. The zero-order chi connectivity index (χ0) is 8.43. The number of nitrogens with zero attached hydrogens (tertiary/aromatic N) is 1. The Bertz CT molecular complexity index is 297. The molecule has 0 fully saturated rings. The number of carbonyl (C=O) groups excluding carboxylic acids is 2. The molecule has 0 spiro atoms. The molecule has 0 radical (unpaired) electrons. The third-order valence-electron chi connectivity index (χ3n) is 1.20. The van der Waals surface area contributed by atoms with Crippen LogP contribution in [-0.4, -0.2) is 18.9 Å². The molecule has 1 heterocycles. The molecule has 11 heavy (non-hydrogen) atoms. The van der Waals surface area contributed by atoms with E-state index < -0.39 is 11.8 Å². The Kier molecular flexibility index (Phi) is 1.60. The van der Waals surface area contributed by atoms with Crippen LogP contribution in [0.2, 0.25) is 0 Å². The summed E-state index contributed by atoms with van der Waals surface area (Å²) >= 11 is 0. The summed E-state index contributed by atoms with van der Waals surface area (Å²) in [7, 11) is 1.23. The van der Waals surface area contributed by atoms with E-state index in [1.807, 2.05) is 5.32 Å². The van der Waals surface area contributed by atoms with Crippen LogP contribution in [0.4, 0.5) is 0 Å². The topological polar surface area (TPSA) is 79.2 Å². The molecule has 1 aliphatic rings. The van der Waals surface area contributed by atoms with Gasteiger partial charge < -0.3 is 4.74 Å². The maximum absolute atomic E-state index is 10.7. The standard InChI is InChI=1S/C6H4N2O3/c1-11-4-3(2-7)5(9)8-6(4)10/h1H3,(H,8,9,10). The first-order chi connectivity index (χ1) is 5.20. The van der Waals surface area contributed by atoms with Crippen molar-refractivity contribution in [3.63, 3.8) is 0 Å². The van der Waals surface area contributed by atoms with E-state index in [2.05, 4.69) is 4.74 Å². The molecule has 0 aromatic heterocycles. The first-order valence-corrected chi connectivity index (χ1v) is 2.74. The monoisotopic (exact) mass is 152 g/mol. The number of nitrogens with one attached hydrogen (secondary N) is 1. The smallest absolute Gasteiger partial charge is 0.294 e. The Labute approximate surface area is 62.2 Å². The van der Waals surface area contributed by atoms with Crippen LogP contribution in [0, 0.1) is 11.3 Å². The third-order valence-corrected chi connectivity index (χ3v) is 1.20. The van der Waals surface area contributed by atoms with Gasteiger partial charge in [-0.1, -0.05) is 0 Å². The Morgan fingerprint density at radius 1 is 1.45 bits per heavy atom. The molecule has 0 saturated heterocycles. The van der Waals surface area contributed by atoms with E-state index in [0.29, 0.717) is 0 Å². The van der Waals surface area contributed by atoms with Crippen LogP contribution in [0.25, 0.3) is 0 Å². The molecule has 0 atom stereocenters. The van der Waals surface area contributed by atoms with Crippen molar-refractivity contribution in [1.82, 2.24) is 5.32 Å². The van der Waals surface area contributed by atoms with Crippen molar-refractivity contribution >= 4 is 11.8 Å². The third kappa shape index (κ3) is 0.942. The van der Waals surface area contributed by atoms with Gasteiger partial charge in [-0.05, 0) is 0 Å². The fraction of sp³-hybridized carbons (Fsp3) is 0.167. The molecule has 5 nitrogen and oxygen atoms in total. The zero-order valence-electron chi connectivity index (χ0n) is 5.67. The SMILES string of the molecule is COC1=C(C#N)C(=O)NC1=O. The minimum Gasteiger partial charge on any atom is -0.490 e. The number of carbonyl (C=O) groups is 2. The van der Waals surface area contributed by atoms with Gasteiger partial charge in [0, 0.05) is 0 Å².